The highest BCUT2D eigenvalue weighted by atomic mass is 35.5. The molecule has 0 aromatic heterocycles. The fraction of sp³-hybridized carbons (Fsp3) is 0.125. The molecule has 1 aromatic carbocycles. The lowest BCUT2D eigenvalue weighted by Gasteiger charge is -2.18. The van der Waals surface area contributed by atoms with E-state index in [0.29, 0.717) is 22.1 Å². The first-order valence-electron chi connectivity index (χ1n) is 3.68. The van der Waals surface area contributed by atoms with Crippen LogP contribution in [0.5, 0.6) is 5.75 Å². The zero-order valence-corrected chi connectivity index (χ0v) is 7.39. The molecule has 0 atom stereocenters. The molecule has 1 heterocycles. The second-order valence-electron chi connectivity index (χ2n) is 2.71. The molecular formula is C8H7ClN2O2. The van der Waals surface area contributed by atoms with Crippen LogP contribution in [0.3, 0.4) is 0 Å². The van der Waals surface area contributed by atoms with Gasteiger partial charge in [0.1, 0.15) is 5.75 Å². The number of fused-ring (bicyclic) bond motifs is 1. The lowest BCUT2D eigenvalue weighted by molar-refractivity contribution is -0.118. The van der Waals surface area contributed by atoms with Crippen molar-refractivity contribution in [3.05, 3.63) is 17.2 Å². The lowest BCUT2D eigenvalue weighted by Crippen LogP contribution is -2.25. The van der Waals surface area contributed by atoms with Crippen LogP contribution in [0.4, 0.5) is 11.4 Å². The van der Waals surface area contributed by atoms with Gasteiger partial charge in [0.2, 0.25) is 0 Å². The maximum Gasteiger partial charge on any atom is 0.262 e. The Morgan fingerprint density at radius 3 is 3.08 bits per heavy atom. The number of carbonyl (C=O) groups is 1. The van der Waals surface area contributed by atoms with Crippen molar-refractivity contribution in [2.24, 2.45) is 0 Å². The molecule has 68 valence electrons. The second-order valence-corrected chi connectivity index (χ2v) is 3.11. The van der Waals surface area contributed by atoms with Gasteiger partial charge in [-0.05, 0) is 6.07 Å². The number of carbonyl (C=O) groups excluding carboxylic acids is 1. The van der Waals surface area contributed by atoms with Gasteiger partial charge in [-0.15, -0.1) is 0 Å². The number of nitrogen functional groups attached to an aromatic ring is 1. The van der Waals surface area contributed by atoms with Crippen molar-refractivity contribution in [2.75, 3.05) is 17.7 Å². The zero-order chi connectivity index (χ0) is 9.42. The molecule has 1 amide bonds. The van der Waals surface area contributed by atoms with Gasteiger partial charge in [-0.1, -0.05) is 11.6 Å². The van der Waals surface area contributed by atoms with E-state index in [1.165, 1.54) is 0 Å². The van der Waals surface area contributed by atoms with Crippen molar-refractivity contribution in [2.45, 2.75) is 0 Å². The number of halogens is 1. The summed E-state index contributed by atoms with van der Waals surface area (Å²) >= 11 is 5.76. The van der Waals surface area contributed by atoms with Gasteiger partial charge < -0.3 is 15.8 Å². The van der Waals surface area contributed by atoms with E-state index in [1.54, 1.807) is 12.1 Å². The van der Waals surface area contributed by atoms with Gasteiger partial charge in [-0.2, -0.15) is 0 Å². The molecule has 0 saturated carbocycles. The Morgan fingerprint density at radius 2 is 2.31 bits per heavy atom. The van der Waals surface area contributed by atoms with E-state index in [-0.39, 0.29) is 12.5 Å². The molecule has 0 radical (unpaired) electrons. The van der Waals surface area contributed by atoms with Crippen molar-refractivity contribution in [3.63, 3.8) is 0 Å². The Labute approximate surface area is 79.6 Å². The maximum absolute atomic E-state index is 10.9. The molecule has 5 heteroatoms. The van der Waals surface area contributed by atoms with Crippen LogP contribution in [0.1, 0.15) is 0 Å². The smallest absolute Gasteiger partial charge is 0.262 e. The van der Waals surface area contributed by atoms with Crippen molar-refractivity contribution in [1.29, 1.82) is 0 Å². The third-order valence-corrected chi connectivity index (χ3v) is 2.06. The van der Waals surface area contributed by atoms with Crippen molar-refractivity contribution < 1.29 is 9.53 Å². The fourth-order valence-corrected chi connectivity index (χ4v) is 1.28. The fourth-order valence-electron chi connectivity index (χ4n) is 1.12. The van der Waals surface area contributed by atoms with Gasteiger partial charge in [0.15, 0.2) is 6.61 Å². The first-order chi connectivity index (χ1) is 6.16. The quantitative estimate of drug-likeness (QED) is 0.617. The van der Waals surface area contributed by atoms with E-state index in [1.807, 2.05) is 0 Å². The Bertz CT molecular complexity index is 379. The summed E-state index contributed by atoms with van der Waals surface area (Å²) in [4.78, 5) is 10.9. The normalized spacial score (nSPS) is 14.4. The van der Waals surface area contributed by atoms with Crippen LogP contribution < -0.4 is 15.8 Å². The van der Waals surface area contributed by atoms with E-state index in [9.17, 15) is 4.79 Å². The van der Waals surface area contributed by atoms with E-state index < -0.39 is 0 Å². The molecule has 1 aromatic rings. The van der Waals surface area contributed by atoms with Crippen LogP contribution in [-0.4, -0.2) is 12.5 Å². The topological polar surface area (TPSA) is 64.3 Å². The molecule has 0 fully saturated rings. The van der Waals surface area contributed by atoms with E-state index >= 15 is 0 Å². The molecule has 0 unspecified atom stereocenters. The molecule has 0 bridgehead atoms. The molecule has 1 aliphatic rings. The molecule has 13 heavy (non-hydrogen) atoms. The highest BCUT2D eigenvalue weighted by molar-refractivity contribution is 6.33. The van der Waals surface area contributed by atoms with Gasteiger partial charge in [-0.25, -0.2) is 0 Å². The SMILES string of the molecule is Nc1cc2c(cc1Cl)NC(=O)CO2. The second kappa shape index (κ2) is 2.81. The number of benzene rings is 1. The Hall–Kier alpha value is -1.42. The monoisotopic (exact) mass is 198 g/mol. The maximum atomic E-state index is 10.9. The van der Waals surface area contributed by atoms with E-state index in [4.69, 9.17) is 22.1 Å². The summed E-state index contributed by atoms with van der Waals surface area (Å²) in [6.07, 6.45) is 0. The van der Waals surface area contributed by atoms with Gasteiger partial charge >= 0.3 is 0 Å². The Balaban J connectivity index is 2.49. The summed E-state index contributed by atoms with van der Waals surface area (Å²) in [5, 5.41) is 3.03. The molecule has 3 N–H and O–H groups in total. The minimum absolute atomic E-state index is 0.0219. The number of amides is 1. The van der Waals surface area contributed by atoms with Crippen LogP contribution in [0.25, 0.3) is 0 Å². The average molecular weight is 199 g/mol. The standard InChI is InChI=1S/C8H7ClN2O2/c9-4-1-6-7(2-5(4)10)13-3-8(12)11-6/h1-2H,3,10H2,(H,11,12). The molecule has 2 rings (SSSR count). The van der Waals surface area contributed by atoms with Gasteiger partial charge in [0.05, 0.1) is 16.4 Å². The molecule has 1 aliphatic heterocycles. The third-order valence-electron chi connectivity index (χ3n) is 1.73. The number of rotatable bonds is 0. The molecule has 0 saturated heterocycles. The van der Waals surface area contributed by atoms with Crippen LogP contribution in [0, 0.1) is 0 Å². The van der Waals surface area contributed by atoms with Crippen molar-refractivity contribution in [1.82, 2.24) is 0 Å². The number of anilines is 2. The van der Waals surface area contributed by atoms with Crippen molar-refractivity contribution >= 4 is 28.9 Å². The summed E-state index contributed by atoms with van der Waals surface area (Å²) in [5.41, 5.74) is 6.56. The number of ether oxygens (including phenoxy) is 1. The predicted octanol–water partition coefficient (Wildman–Crippen LogP) is 1.25. The van der Waals surface area contributed by atoms with E-state index in [0.717, 1.165) is 0 Å². The minimum Gasteiger partial charge on any atom is -0.482 e. The zero-order valence-electron chi connectivity index (χ0n) is 6.63. The van der Waals surface area contributed by atoms with Crippen molar-refractivity contribution in [3.8, 4) is 5.75 Å². The number of nitrogens with one attached hydrogen (secondary N) is 1. The summed E-state index contributed by atoms with van der Waals surface area (Å²) in [6, 6.07) is 3.17. The minimum atomic E-state index is -0.187. The molecule has 0 spiro atoms. The molecular weight excluding hydrogens is 192 g/mol. The summed E-state index contributed by atoms with van der Waals surface area (Å²) in [5.74, 6) is 0.370. The average Bonchev–Trinajstić information content (AvgIpc) is 2.08. The highest BCUT2D eigenvalue weighted by Gasteiger charge is 2.16. The lowest BCUT2D eigenvalue weighted by atomic mass is 10.2. The summed E-state index contributed by atoms with van der Waals surface area (Å²) < 4.78 is 5.12. The Kier molecular flexibility index (Phi) is 1.77. The predicted molar refractivity (Wildman–Crippen MR) is 50.0 cm³/mol. The number of hydrogen-bond donors (Lipinski definition) is 2. The van der Waals surface area contributed by atoms with Crippen LogP contribution >= 0.6 is 11.6 Å². The van der Waals surface area contributed by atoms with E-state index in [2.05, 4.69) is 5.32 Å². The number of hydrogen-bond acceptors (Lipinski definition) is 3. The van der Waals surface area contributed by atoms with Gasteiger partial charge in [0, 0.05) is 6.07 Å². The van der Waals surface area contributed by atoms with Crippen LogP contribution in [-0.2, 0) is 4.79 Å². The summed E-state index contributed by atoms with van der Waals surface area (Å²) in [6.45, 7) is 0.0219. The Morgan fingerprint density at radius 1 is 1.54 bits per heavy atom. The molecule has 0 aliphatic carbocycles. The van der Waals surface area contributed by atoms with Crippen LogP contribution in [0.15, 0.2) is 12.1 Å². The first-order valence-corrected chi connectivity index (χ1v) is 4.06. The highest BCUT2D eigenvalue weighted by Crippen LogP contribution is 2.34. The van der Waals surface area contributed by atoms with Crippen LogP contribution in [0.2, 0.25) is 5.02 Å². The third kappa shape index (κ3) is 1.40. The number of nitrogens with two attached hydrogens (primary N) is 1. The molecule has 4 nitrogen and oxygen atoms in total. The largest absolute Gasteiger partial charge is 0.482 e. The summed E-state index contributed by atoms with van der Waals surface area (Å²) in [7, 11) is 0. The van der Waals surface area contributed by atoms with Gasteiger partial charge in [-0.3, -0.25) is 4.79 Å². The van der Waals surface area contributed by atoms with Gasteiger partial charge in [0.25, 0.3) is 5.91 Å². The first kappa shape index (κ1) is 8.19.